The van der Waals surface area contributed by atoms with Gasteiger partial charge < -0.3 is 4.74 Å². The van der Waals surface area contributed by atoms with Gasteiger partial charge in [0, 0.05) is 29.9 Å². The van der Waals surface area contributed by atoms with Crippen molar-refractivity contribution in [3.05, 3.63) is 66.5 Å². The van der Waals surface area contributed by atoms with Crippen LogP contribution in [0.1, 0.15) is 116 Å². The number of aromatic nitrogens is 2. The number of hydrogen-bond acceptors (Lipinski definition) is 4. The first kappa shape index (κ1) is 31.5. The quantitative estimate of drug-likeness (QED) is 0.0859. The summed E-state index contributed by atoms with van der Waals surface area (Å²) in [6, 6.07) is 16.2. The maximum Gasteiger partial charge on any atom is 0.311 e. The third kappa shape index (κ3) is 11.6. The van der Waals surface area contributed by atoms with Crippen molar-refractivity contribution in [2.24, 2.45) is 5.92 Å². The van der Waals surface area contributed by atoms with E-state index in [-0.39, 0.29) is 5.97 Å². The fourth-order valence-corrected chi connectivity index (χ4v) is 5.09. The molecule has 0 aliphatic carbocycles. The van der Waals surface area contributed by atoms with Crippen LogP contribution in [-0.4, -0.2) is 15.9 Å². The van der Waals surface area contributed by atoms with Gasteiger partial charge in [-0.25, -0.2) is 9.97 Å². The summed E-state index contributed by atoms with van der Waals surface area (Å²) in [5, 5.41) is 0. The molecule has 0 radical (unpaired) electrons. The Morgan fingerprint density at radius 3 is 1.98 bits per heavy atom. The van der Waals surface area contributed by atoms with Gasteiger partial charge in [-0.05, 0) is 48.4 Å². The van der Waals surface area contributed by atoms with E-state index < -0.39 is 0 Å². The van der Waals surface area contributed by atoms with Crippen molar-refractivity contribution in [1.29, 1.82) is 0 Å². The minimum atomic E-state index is -0.153. The topological polar surface area (TPSA) is 52.1 Å². The summed E-state index contributed by atoms with van der Waals surface area (Å²) in [7, 11) is 0. The molecule has 0 aliphatic heterocycles. The minimum absolute atomic E-state index is 0.153. The molecule has 1 atom stereocenters. The first-order chi connectivity index (χ1) is 19.6. The molecule has 0 amide bonds. The third-order valence-corrected chi connectivity index (χ3v) is 7.73. The predicted octanol–water partition coefficient (Wildman–Crippen LogP) is 10.4. The van der Waals surface area contributed by atoms with Gasteiger partial charge in [0.15, 0.2) is 5.82 Å². The van der Waals surface area contributed by atoms with Crippen molar-refractivity contribution in [3.63, 3.8) is 0 Å². The van der Waals surface area contributed by atoms with Gasteiger partial charge in [0.05, 0.1) is 0 Å². The van der Waals surface area contributed by atoms with E-state index in [0.717, 1.165) is 47.7 Å². The number of aryl methyl sites for hydroxylation is 1. The van der Waals surface area contributed by atoms with Gasteiger partial charge in [-0.3, -0.25) is 4.79 Å². The lowest BCUT2D eigenvalue weighted by Crippen LogP contribution is -2.07. The number of esters is 1. The van der Waals surface area contributed by atoms with Crippen LogP contribution in [0.5, 0.6) is 5.75 Å². The van der Waals surface area contributed by atoms with Crippen molar-refractivity contribution >= 4 is 5.97 Å². The molecule has 4 nitrogen and oxygen atoms in total. The number of unbranched alkanes of at least 4 members (excludes halogenated alkanes) is 8. The Hall–Kier alpha value is -3.01. The van der Waals surface area contributed by atoms with E-state index in [1.54, 1.807) is 0 Å². The molecule has 40 heavy (non-hydrogen) atoms. The molecule has 1 aromatic heterocycles. The molecule has 0 saturated carbocycles. The van der Waals surface area contributed by atoms with Crippen molar-refractivity contribution in [2.45, 2.75) is 117 Å². The highest BCUT2D eigenvalue weighted by atomic mass is 16.5. The zero-order valence-electron chi connectivity index (χ0n) is 25.2. The van der Waals surface area contributed by atoms with E-state index >= 15 is 0 Å². The summed E-state index contributed by atoms with van der Waals surface area (Å²) < 4.78 is 5.55. The van der Waals surface area contributed by atoms with Gasteiger partial charge >= 0.3 is 5.97 Å². The number of nitrogens with zero attached hydrogens (tertiary/aromatic N) is 2. The Balaban J connectivity index is 1.39. The second-order valence-corrected chi connectivity index (χ2v) is 11.4. The van der Waals surface area contributed by atoms with Crippen LogP contribution < -0.4 is 4.74 Å². The number of carbonyl (C=O) groups is 1. The number of carbonyl (C=O) groups excluding carboxylic acids is 1. The average Bonchev–Trinajstić information content (AvgIpc) is 2.98. The summed E-state index contributed by atoms with van der Waals surface area (Å²) in [6.45, 7) is 6.86. The predicted molar refractivity (Wildman–Crippen MR) is 167 cm³/mol. The molecule has 0 N–H and O–H groups in total. The van der Waals surface area contributed by atoms with Gasteiger partial charge in [-0.15, -0.1) is 0 Å². The molecule has 0 aliphatic rings. The van der Waals surface area contributed by atoms with Crippen molar-refractivity contribution in [3.8, 4) is 28.3 Å². The van der Waals surface area contributed by atoms with Gasteiger partial charge in [-0.1, -0.05) is 128 Å². The third-order valence-electron chi connectivity index (χ3n) is 7.73. The summed E-state index contributed by atoms with van der Waals surface area (Å²) >= 11 is 0. The molecule has 1 heterocycles. The molecule has 3 aromatic rings. The Labute approximate surface area is 243 Å². The summed E-state index contributed by atoms with van der Waals surface area (Å²) in [6.07, 6.45) is 21.5. The SMILES string of the molecule is CCCCCCCc1ccc(-c2ncc(-c3ccc(OC(=O)CCCCCCC(C)CCCC)cc3)cn2)cc1. The van der Waals surface area contributed by atoms with Gasteiger partial charge in [0.1, 0.15) is 5.75 Å². The second-order valence-electron chi connectivity index (χ2n) is 11.4. The smallest absolute Gasteiger partial charge is 0.311 e. The van der Waals surface area contributed by atoms with Crippen molar-refractivity contribution in [2.75, 3.05) is 0 Å². The highest BCUT2D eigenvalue weighted by molar-refractivity contribution is 5.73. The molecular weight excluding hydrogens is 492 g/mol. The van der Waals surface area contributed by atoms with E-state index in [4.69, 9.17) is 4.74 Å². The number of benzene rings is 2. The maximum absolute atomic E-state index is 12.3. The molecule has 1 unspecified atom stereocenters. The van der Waals surface area contributed by atoms with Crippen LogP contribution in [0.15, 0.2) is 60.9 Å². The van der Waals surface area contributed by atoms with E-state index in [9.17, 15) is 4.79 Å². The Morgan fingerprint density at radius 2 is 1.27 bits per heavy atom. The number of hydrogen-bond donors (Lipinski definition) is 0. The highest BCUT2D eigenvalue weighted by Gasteiger charge is 2.08. The lowest BCUT2D eigenvalue weighted by atomic mass is 9.97. The molecule has 3 rings (SSSR count). The fraction of sp³-hybridized carbons (Fsp3) is 0.528. The highest BCUT2D eigenvalue weighted by Crippen LogP contribution is 2.24. The Morgan fingerprint density at radius 1 is 0.675 bits per heavy atom. The largest absolute Gasteiger partial charge is 0.427 e. The number of rotatable bonds is 19. The van der Waals surface area contributed by atoms with Crippen LogP contribution in [0, 0.1) is 5.92 Å². The van der Waals surface area contributed by atoms with Crippen LogP contribution in [0.3, 0.4) is 0 Å². The lowest BCUT2D eigenvalue weighted by Gasteiger charge is -2.10. The standard InChI is InChI=1S/C36H50N2O2/c1-4-6-8-9-13-17-30-19-21-32(22-20-30)36-37-27-33(28-38-36)31-23-25-34(26-24-31)40-35(39)18-14-11-10-12-16-29(3)15-7-5-2/h19-29H,4-18H2,1-3H3. The monoisotopic (exact) mass is 542 g/mol. The molecule has 0 saturated heterocycles. The van der Waals surface area contributed by atoms with Crippen LogP contribution in [0.25, 0.3) is 22.5 Å². The molecule has 0 spiro atoms. The van der Waals surface area contributed by atoms with Crippen molar-refractivity contribution < 1.29 is 9.53 Å². The van der Waals surface area contributed by atoms with E-state index in [1.807, 2.05) is 36.7 Å². The normalized spacial score (nSPS) is 11.9. The Kier molecular flexibility index (Phi) is 14.5. The maximum atomic E-state index is 12.3. The van der Waals surface area contributed by atoms with E-state index in [2.05, 4.69) is 55.0 Å². The van der Waals surface area contributed by atoms with E-state index in [1.165, 1.54) is 76.2 Å². The second kappa shape index (κ2) is 18.4. The van der Waals surface area contributed by atoms with E-state index in [0.29, 0.717) is 12.2 Å². The lowest BCUT2D eigenvalue weighted by molar-refractivity contribution is -0.134. The van der Waals surface area contributed by atoms with Gasteiger partial charge in [0.25, 0.3) is 0 Å². The summed E-state index contributed by atoms with van der Waals surface area (Å²) in [4.78, 5) is 21.5. The zero-order chi connectivity index (χ0) is 28.4. The summed E-state index contributed by atoms with van der Waals surface area (Å²) in [5.74, 6) is 1.99. The van der Waals surface area contributed by atoms with Crippen LogP contribution in [0.4, 0.5) is 0 Å². The van der Waals surface area contributed by atoms with Gasteiger partial charge in [-0.2, -0.15) is 0 Å². The zero-order valence-corrected chi connectivity index (χ0v) is 25.2. The molecular formula is C36H50N2O2. The fourth-order valence-electron chi connectivity index (χ4n) is 5.09. The Bertz CT molecular complexity index is 1090. The van der Waals surface area contributed by atoms with Crippen molar-refractivity contribution in [1.82, 2.24) is 9.97 Å². The molecule has 216 valence electrons. The van der Waals surface area contributed by atoms with Crippen LogP contribution >= 0.6 is 0 Å². The first-order valence-corrected chi connectivity index (χ1v) is 15.8. The first-order valence-electron chi connectivity index (χ1n) is 15.8. The van der Waals surface area contributed by atoms with Crippen LogP contribution in [0.2, 0.25) is 0 Å². The number of ether oxygens (including phenoxy) is 1. The van der Waals surface area contributed by atoms with Gasteiger partial charge in [0.2, 0.25) is 0 Å². The van der Waals surface area contributed by atoms with Crippen LogP contribution in [-0.2, 0) is 11.2 Å². The molecule has 2 aromatic carbocycles. The summed E-state index contributed by atoms with van der Waals surface area (Å²) in [5.41, 5.74) is 4.35. The molecule has 0 fully saturated rings. The minimum Gasteiger partial charge on any atom is -0.427 e. The molecule has 0 bridgehead atoms. The average molecular weight is 543 g/mol. The molecule has 4 heteroatoms.